The molecule has 8 nitrogen and oxygen atoms in total. The number of aliphatic hydroxyl groups excluding tert-OH is 1. The molecule has 1 aromatic carbocycles. The van der Waals surface area contributed by atoms with E-state index in [4.69, 9.17) is 33.0 Å². The molecule has 35 heavy (non-hydrogen) atoms. The minimum Gasteiger partial charge on any atom is -0.476 e. The van der Waals surface area contributed by atoms with E-state index in [1.54, 1.807) is 44.3 Å². The number of carbonyl (C=O) groups is 2. The summed E-state index contributed by atoms with van der Waals surface area (Å²) in [5.74, 6) is 0.789. The number of piperidine rings is 1. The Hall–Kier alpha value is -2.55. The standard InChI is InChI=1S/C25H30Cl2N4O4/c1-25(2,35-21-7-4-16(26)11-20(21)27)24(34)30-17-12-18-5-6-19(13-17)31(18)22-8-3-15(14-29-22)23(33)28-9-10-32/h3-4,7-8,11,14,17-19,32H,5-6,9-10,12-13H2,1-2H3,(H,28,33)(H,30,34). The van der Waals surface area contributed by atoms with E-state index in [0.29, 0.717) is 21.4 Å². The van der Waals surface area contributed by atoms with Gasteiger partial charge in [0.05, 0.1) is 17.2 Å². The Kier molecular flexibility index (Phi) is 7.73. The molecule has 2 atom stereocenters. The average Bonchev–Trinajstić information content (AvgIpc) is 3.09. The van der Waals surface area contributed by atoms with Gasteiger partial charge in [-0.25, -0.2) is 4.98 Å². The molecular formula is C25H30Cl2N4O4. The summed E-state index contributed by atoms with van der Waals surface area (Å²) >= 11 is 12.2. The third-order valence-corrected chi connectivity index (χ3v) is 7.08. The number of pyridine rings is 1. The van der Waals surface area contributed by atoms with Crippen LogP contribution in [-0.4, -0.2) is 58.8 Å². The summed E-state index contributed by atoms with van der Waals surface area (Å²) in [6.45, 7) is 3.54. The van der Waals surface area contributed by atoms with Gasteiger partial charge in [0.1, 0.15) is 11.6 Å². The molecular weight excluding hydrogens is 491 g/mol. The van der Waals surface area contributed by atoms with Gasteiger partial charge in [0.2, 0.25) is 0 Å². The lowest BCUT2D eigenvalue weighted by molar-refractivity contribution is -0.135. The van der Waals surface area contributed by atoms with Crippen LogP contribution in [-0.2, 0) is 4.79 Å². The highest BCUT2D eigenvalue weighted by Crippen LogP contribution is 2.39. The maximum Gasteiger partial charge on any atom is 0.263 e. The maximum absolute atomic E-state index is 13.1. The number of aliphatic hydroxyl groups is 1. The maximum atomic E-state index is 13.1. The Morgan fingerprint density at radius 2 is 1.89 bits per heavy atom. The highest BCUT2D eigenvalue weighted by molar-refractivity contribution is 6.35. The molecule has 188 valence electrons. The lowest BCUT2D eigenvalue weighted by atomic mass is 9.96. The van der Waals surface area contributed by atoms with E-state index in [-0.39, 0.29) is 43.1 Å². The Bertz CT molecular complexity index is 1070. The summed E-state index contributed by atoms with van der Waals surface area (Å²) in [6, 6.07) is 9.09. The fourth-order valence-electron chi connectivity index (χ4n) is 4.85. The largest absolute Gasteiger partial charge is 0.476 e. The molecule has 4 rings (SSSR count). The molecule has 2 aliphatic rings. The third-order valence-electron chi connectivity index (χ3n) is 6.55. The number of halogens is 2. The summed E-state index contributed by atoms with van der Waals surface area (Å²) in [5.41, 5.74) is -0.651. The molecule has 0 spiro atoms. The fourth-order valence-corrected chi connectivity index (χ4v) is 5.30. The number of hydrogen-bond acceptors (Lipinski definition) is 6. The number of benzene rings is 1. The van der Waals surface area contributed by atoms with Gasteiger partial charge >= 0.3 is 0 Å². The molecule has 2 saturated heterocycles. The van der Waals surface area contributed by atoms with Crippen LogP contribution < -0.4 is 20.3 Å². The van der Waals surface area contributed by atoms with E-state index in [0.717, 1.165) is 31.5 Å². The predicted octanol–water partition coefficient (Wildman–Crippen LogP) is 3.58. The molecule has 2 aliphatic heterocycles. The van der Waals surface area contributed by atoms with Crippen LogP contribution in [0, 0.1) is 0 Å². The van der Waals surface area contributed by atoms with Crippen molar-refractivity contribution in [3.8, 4) is 5.75 Å². The van der Waals surface area contributed by atoms with E-state index < -0.39 is 5.60 Å². The monoisotopic (exact) mass is 520 g/mol. The van der Waals surface area contributed by atoms with E-state index in [1.807, 2.05) is 6.07 Å². The van der Waals surface area contributed by atoms with Crippen molar-refractivity contribution in [1.29, 1.82) is 0 Å². The summed E-state index contributed by atoms with van der Waals surface area (Å²) in [6.07, 6.45) is 5.23. The Labute approximate surface area is 215 Å². The Balaban J connectivity index is 1.37. The average molecular weight is 521 g/mol. The Morgan fingerprint density at radius 1 is 1.17 bits per heavy atom. The SMILES string of the molecule is CC(C)(Oc1ccc(Cl)cc1Cl)C(=O)NC1CC2CCC(C1)N2c1ccc(C(=O)NCCO)cn1. The highest BCUT2D eigenvalue weighted by atomic mass is 35.5. The number of amides is 2. The first-order valence-electron chi connectivity index (χ1n) is 11.8. The molecule has 3 N–H and O–H groups in total. The van der Waals surface area contributed by atoms with Crippen LogP contribution in [0.5, 0.6) is 5.75 Å². The van der Waals surface area contributed by atoms with Gasteiger partial charge in [0, 0.05) is 35.9 Å². The number of nitrogens with one attached hydrogen (secondary N) is 2. The number of nitrogens with zero attached hydrogens (tertiary/aromatic N) is 2. The van der Waals surface area contributed by atoms with Gasteiger partial charge < -0.3 is 25.4 Å². The number of hydrogen-bond donors (Lipinski definition) is 3. The van der Waals surface area contributed by atoms with Gasteiger partial charge in [0.25, 0.3) is 11.8 Å². The highest BCUT2D eigenvalue weighted by Gasteiger charge is 2.43. The topological polar surface area (TPSA) is 104 Å². The minimum atomic E-state index is -1.11. The number of carbonyl (C=O) groups excluding carboxylic acids is 2. The number of anilines is 1. The van der Waals surface area contributed by atoms with Crippen molar-refractivity contribution in [3.63, 3.8) is 0 Å². The second-order valence-corrected chi connectivity index (χ2v) is 10.3. The van der Waals surface area contributed by atoms with E-state index in [1.165, 1.54) is 0 Å². The van der Waals surface area contributed by atoms with Crippen molar-refractivity contribution < 1.29 is 19.4 Å². The second kappa shape index (κ2) is 10.6. The van der Waals surface area contributed by atoms with Crippen molar-refractivity contribution in [2.75, 3.05) is 18.1 Å². The molecule has 2 aromatic rings. The first-order valence-corrected chi connectivity index (χ1v) is 12.5. The van der Waals surface area contributed by atoms with Crippen molar-refractivity contribution in [3.05, 3.63) is 52.1 Å². The van der Waals surface area contributed by atoms with Gasteiger partial charge in [-0.15, -0.1) is 0 Å². The summed E-state index contributed by atoms with van der Waals surface area (Å²) in [7, 11) is 0. The number of aromatic nitrogens is 1. The van der Waals surface area contributed by atoms with Crippen molar-refractivity contribution in [2.45, 2.75) is 63.3 Å². The summed E-state index contributed by atoms with van der Waals surface area (Å²) < 4.78 is 5.94. The molecule has 0 aliphatic carbocycles. The van der Waals surface area contributed by atoms with Crippen LogP contribution in [0.1, 0.15) is 49.9 Å². The first-order chi connectivity index (χ1) is 16.7. The predicted molar refractivity (Wildman–Crippen MR) is 135 cm³/mol. The van der Waals surface area contributed by atoms with Crippen LogP contribution in [0.2, 0.25) is 10.0 Å². The molecule has 2 fully saturated rings. The number of fused-ring (bicyclic) bond motifs is 2. The van der Waals surface area contributed by atoms with E-state index in [2.05, 4.69) is 20.5 Å². The molecule has 0 radical (unpaired) electrons. The molecule has 1 aromatic heterocycles. The van der Waals surface area contributed by atoms with Crippen LogP contribution in [0.15, 0.2) is 36.5 Å². The number of ether oxygens (including phenoxy) is 1. The summed E-state index contributed by atoms with van der Waals surface area (Å²) in [4.78, 5) is 32.0. The van der Waals surface area contributed by atoms with Crippen molar-refractivity contribution in [2.24, 2.45) is 0 Å². The molecule has 2 unspecified atom stereocenters. The molecule has 10 heteroatoms. The fraction of sp³-hybridized carbons (Fsp3) is 0.480. The van der Waals surface area contributed by atoms with Gasteiger partial charge in [0.15, 0.2) is 5.60 Å². The van der Waals surface area contributed by atoms with Crippen LogP contribution in [0.25, 0.3) is 0 Å². The second-order valence-electron chi connectivity index (χ2n) is 9.51. The van der Waals surface area contributed by atoms with Gasteiger partial charge in [-0.1, -0.05) is 23.2 Å². The first kappa shape index (κ1) is 25.5. The van der Waals surface area contributed by atoms with E-state index in [9.17, 15) is 9.59 Å². The normalized spacial score (nSPS) is 21.5. The summed E-state index contributed by atoms with van der Waals surface area (Å²) in [5, 5.41) is 15.5. The smallest absolute Gasteiger partial charge is 0.263 e. The lowest BCUT2D eigenvalue weighted by Crippen LogP contribution is -2.55. The number of rotatable bonds is 8. The van der Waals surface area contributed by atoms with Gasteiger partial charge in [-0.2, -0.15) is 0 Å². The zero-order chi connectivity index (χ0) is 25.2. The quantitative estimate of drug-likeness (QED) is 0.491. The van der Waals surface area contributed by atoms with Crippen LogP contribution in [0.3, 0.4) is 0 Å². The third kappa shape index (κ3) is 5.82. The zero-order valence-electron chi connectivity index (χ0n) is 19.8. The van der Waals surface area contributed by atoms with Gasteiger partial charge in [-0.3, -0.25) is 9.59 Å². The lowest BCUT2D eigenvalue weighted by Gasteiger charge is -2.40. The molecule has 2 amide bonds. The molecule has 0 saturated carbocycles. The van der Waals surface area contributed by atoms with Crippen LogP contribution in [0.4, 0.5) is 5.82 Å². The zero-order valence-corrected chi connectivity index (χ0v) is 21.3. The van der Waals surface area contributed by atoms with E-state index >= 15 is 0 Å². The Morgan fingerprint density at radius 3 is 2.49 bits per heavy atom. The van der Waals surface area contributed by atoms with Gasteiger partial charge in [-0.05, 0) is 69.9 Å². The van der Waals surface area contributed by atoms with Crippen molar-refractivity contribution >= 4 is 40.8 Å². The molecule has 3 heterocycles. The molecule has 2 bridgehead atoms. The minimum absolute atomic E-state index is 0.0309. The van der Waals surface area contributed by atoms with Crippen LogP contribution >= 0.6 is 23.2 Å². The van der Waals surface area contributed by atoms with Crippen molar-refractivity contribution in [1.82, 2.24) is 15.6 Å².